The van der Waals surface area contributed by atoms with Crippen LogP contribution in [0.2, 0.25) is 4.34 Å². The molecule has 0 radical (unpaired) electrons. The summed E-state index contributed by atoms with van der Waals surface area (Å²) in [6, 6.07) is 8.42. The highest BCUT2D eigenvalue weighted by Crippen LogP contribution is 2.41. The fourth-order valence-electron chi connectivity index (χ4n) is 2.72. The maximum absolute atomic E-state index is 11.2. The van der Waals surface area contributed by atoms with Gasteiger partial charge in [-0.05, 0) is 49.1 Å². The number of hydrogen-bond donors (Lipinski definition) is 2. The molecule has 21 heavy (non-hydrogen) atoms. The van der Waals surface area contributed by atoms with Crippen LogP contribution < -0.4 is 10.6 Å². The van der Waals surface area contributed by atoms with Gasteiger partial charge in [0.15, 0.2) is 0 Å². The van der Waals surface area contributed by atoms with E-state index in [1.165, 1.54) is 17.4 Å². The van der Waals surface area contributed by atoms with E-state index in [4.69, 9.17) is 11.6 Å². The zero-order chi connectivity index (χ0) is 15.0. The lowest BCUT2D eigenvalue weighted by molar-refractivity contribution is -0.114. The highest BCUT2D eigenvalue weighted by molar-refractivity contribution is 7.16. The third-order valence-corrected chi connectivity index (χ3v) is 5.08. The maximum Gasteiger partial charge on any atom is 0.221 e. The minimum atomic E-state index is -0.0528. The van der Waals surface area contributed by atoms with Gasteiger partial charge in [0.2, 0.25) is 5.91 Å². The predicted molar refractivity (Wildman–Crippen MR) is 89.5 cm³/mol. The van der Waals surface area contributed by atoms with Gasteiger partial charge in [0, 0.05) is 23.2 Å². The second-order valence-electron chi connectivity index (χ2n) is 5.38. The first kappa shape index (κ1) is 14.4. The summed E-state index contributed by atoms with van der Waals surface area (Å²) < 4.78 is 0.856. The van der Waals surface area contributed by atoms with Crippen LogP contribution in [0.1, 0.15) is 35.4 Å². The number of carbonyl (C=O) groups excluding carboxylic acids is 1. The van der Waals surface area contributed by atoms with Crippen LogP contribution in [0.25, 0.3) is 0 Å². The largest absolute Gasteiger partial charge is 0.378 e. The number of amides is 1. The van der Waals surface area contributed by atoms with Gasteiger partial charge in [0.25, 0.3) is 0 Å². The van der Waals surface area contributed by atoms with Gasteiger partial charge in [0.05, 0.1) is 10.4 Å². The van der Waals surface area contributed by atoms with E-state index in [1.54, 1.807) is 11.3 Å². The number of hydrogen-bond acceptors (Lipinski definition) is 3. The number of halogens is 1. The molecule has 0 saturated heterocycles. The predicted octanol–water partition coefficient (Wildman–Crippen LogP) is 4.77. The Balaban J connectivity index is 1.81. The van der Waals surface area contributed by atoms with E-state index < -0.39 is 0 Å². The molecule has 1 amide bonds. The maximum atomic E-state index is 11.2. The molecule has 1 heterocycles. The number of rotatable bonds is 3. The third kappa shape index (κ3) is 3.06. The molecule has 0 bridgehead atoms. The van der Waals surface area contributed by atoms with Gasteiger partial charge in [0.1, 0.15) is 0 Å². The lowest BCUT2D eigenvalue weighted by atomic mass is 10.1. The molecule has 3 nitrogen and oxygen atoms in total. The molecule has 1 aromatic carbocycles. The Bertz CT molecular complexity index is 696. The standard InChI is InChI=1S/C16H17ClN2OS/c1-9-3-4-11(7-14(9)18-10(2)20)19-13-5-6-15-12(13)8-16(17)21-15/h3-4,7-8,13,19H,5-6H2,1-2H3,(H,18,20). The number of nitrogens with one attached hydrogen (secondary N) is 2. The van der Waals surface area contributed by atoms with Crippen LogP contribution in [-0.4, -0.2) is 5.91 Å². The van der Waals surface area contributed by atoms with Gasteiger partial charge in [-0.25, -0.2) is 0 Å². The van der Waals surface area contributed by atoms with Crippen molar-refractivity contribution in [3.63, 3.8) is 0 Å². The zero-order valence-corrected chi connectivity index (χ0v) is 13.6. The molecule has 0 aliphatic heterocycles. The first-order valence-electron chi connectivity index (χ1n) is 6.96. The van der Waals surface area contributed by atoms with Gasteiger partial charge in [-0.2, -0.15) is 0 Å². The minimum absolute atomic E-state index is 0.0528. The second-order valence-corrected chi connectivity index (χ2v) is 7.14. The van der Waals surface area contributed by atoms with Gasteiger partial charge in [-0.15, -0.1) is 11.3 Å². The Kier molecular flexibility index (Phi) is 3.91. The summed E-state index contributed by atoms with van der Waals surface area (Å²) in [6.45, 7) is 3.51. The van der Waals surface area contributed by atoms with E-state index in [0.717, 1.165) is 34.1 Å². The molecule has 1 aliphatic carbocycles. The molecule has 2 N–H and O–H groups in total. The highest BCUT2D eigenvalue weighted by atomic mass is 35.5. The highest BCUT2D eigenvalue weighted by Gasteiger charge is 2.25. The number of fused-ring (bicyclic) bond motifs is 1. The SMILES string of the molecule is CC(=O)Nc1cc(NC2CCc3sc(Cl)cc32)ccc1C. The number of carbonyl (C=O) groups is 1. The second kappa shape index (κ2) is 5.70. The van der Waals surface area contributed by atoms with E-state index in [-0.39, 0.29) is 5.91 Å². The van der Waals surface area contributed by atoms with Crippen LogP contribution in [0.3, 0.4) is 0 Å². The topological polar surface area (TPSA) is 41.1 Å². The molecule has 0 saturated carbocycles. The molecule has 110 valence electrons. The number of aryl methyl sites for hydroxylation is 2. The van der Waals surface area contributed by atoms with Crippen molar-refractivity contribution in [1.82, 2.24) is 0 Å². The lowest BCUT2D eigenvalue weighted by Gasteiger charge is -2.16. The zero-order valence-electron chi connectivity index (χ0n) is 12.0. The third-order valence-electron chi connectivity index (χ3n) is 3.74. The van der Waals surface area contributed by atoms with E-state index in [0.29, 0.717) is 6.04 Å². The molecule has 2 aromatic rings. The molecule has 0 spiro atoms. The van der Waals surface area contributed by atoms with E-state index >= 15 is 0 Å². The van der Waals surface area contributed by atoms with Gasteiger partial charge in [-0.1, -0.05) is 17.7 Å². The first-order chi connectivity index (χ1) is 10.0. The molecule has 1 aromatic heterocycles. The number of anilines is 2. The van der Waals surface area contributed by atoms with Crippen LogP contribution >= 0.6 is 22.9 Å². The molecule has 5 heteroatoms. The van der Waals surface area contributed by atoms with Gasteiger partial charge < -0.3 is 10.6 Å². The fraction of sp³-hybridized carbons (Fsp3) is 0.312. The summed E-state index contributed by atoms with van der Waals surface area (Å²) in [4.78, 5) is 12.6. The summed E-state index contributed by atoms with van der Waals surface area (Å²) in [6.07, 6.45) is 2.16. The van der Waals surface area contributed by atoms with Crippen LogP contribution in [0.5, 0.6) is 0 Å². The normalized spacial score (nSPS) is 16.6. The van der Waals surface area contributed by atoms with Crippen molar-refractivity contribution in [3.8, 4) is 0 Å². The van der Waals surface area contributed by atoms with Gasteiger partial charge >= 0.3 is 0 Å². The van der Waals surface area contributed by atoms with Crippen LogP contribution in [-0.2, 0) is 11.2 Å². The average Bonchev–Trinajstić information content (AvgIpc) is 2.94. The lowest BCUT2D eigenvalue weighted by Crippen LogP contribution is -2.10. The van der Waals surface area contributed by atoms with Crippen molar-refractivity contribution >= 4 is 40.2 Å². The summed E-state index contributed by atoms with van der Waals surface area (Å²) in [7, 11) is 0. The Morgan fingerprint density at radius 2 is 2.19 bits per heavy atom. The average molecular weight is 321 g/mol. The van der Waals surface area contributed by atoms with Crippen LogP contribution in [0.4, 0.5) is 11.4 Å². The van der Waals surface area contributed by atoms with Crippen molar-refractivity contribution in [1.29, 1.82) is 0 Å². The van der Waals surface area contributed by atoms with Gasteiger partial charge in [-0.3, -0.25) is 4.79 Å². The monoisotopic (exact) mass is 320 g/mol. The van der Waals surface area contributed by atoms with E-state index in [9.17, 15) is 4.79 Å². The van der Waals surface area contributed by atoms with Crippen molar-refractivity contribution < 1.29 is 4.79 Å². The van der Waals surface area contributed by atoms with E-state index in [2.05, 4.69) is 16.7 Å². The van der Waals surface area contributed by atoms with Crippen molar-refractivity contribution in [2.24, 2.45) is 0 Å². The molecule has 1 unspecified atom stereocenters. The number of thiophene rings is 1. The Morgan fingerprint density at radius 1 is 1.38 bits per heavy atom. The summed E-state index contributed by atoms with van der Waals surface area (Å²) in [5.74, 6) is -0.0528. The molecule has 3 rings (SSSR count). The number of benzene rings is 1. The molecule has 1 atom stereocenters. The summed E-state index contributed by atoms with van der Waals surface area (Å²) in [5.41, 5.74) is 4.24. The quantitative estimate of drug-likeness (QED) is 0.855. The van der Waals surface area contributed by atoms with Crippen molar-refractivity contribution in [2.45, 2.75) is 32.7 Å². The molecule has 1 aliphatic rings. The summed E-state index contributed by atoms with van der Waals surface area (Å²) in [5, 5.41) is 6.41. The van der Waals surface area contributed by atoms with E-state index in [1.807, 2.05) is 25.1 Å². The Hall–Kier alpha value is -1.52. The van der Waals surface area contributed by atoms with Crippen molar-refractivity contribution in [2.75, 3.05) is 10.6 Å². The fourth-order valence-corrected chi connectivity index (χ4v) is 4.07. The van der Waals surface area contributed by atoms with Crippen LogP contribution in [0, 0.1) is 6.92 Å². The molecule has 0 fully saturated rings. The van der Waals surface area contributed by atoms with Crippen LogP contribution in [0.15, 0.2) is 24.3 Å². The smallest absolute Gasteiger partial charge is 0.221 e. The van der Waals surface area contributed by atoms with Crippen molar-refractivity contribution in [3.05, 3.63) is 44.6 Å². The summed E-state index contributed by atoms with van der Waals surface area (Å²) >= 11 is 7.77. The molecular formula is C16H17ClN2OS. The molecular weight excluding hydrogens is 304 g/mol. The Labute approximate surface area is 133 Å². The minimum Gasteiger partial charge on any atom is -0.378 e. The Morgan fingerprint density at radius 3 is 2.95 bits per heavy atom. The first-order valence-corrected chi connectivity index (χ1v) is 8.15.